The fourth-order valence-electron chi connectivity index (χ4n) is 2.85. The number of carbonyl (C=O) groups excluding carboxylic acids is 1. The zero-order chi connectivity index (χ0) is 20.3. The van der Waals surface area contributed by atoms with Crippen LogP contribution in [0.15, 0.2) is 34.5 Å². The van der Waals surface area contributed by atoms with E-state index in [0.717, 1.165) is 16.5 Å². The van der Waals surface area contributed by atoms with Crippen molar-refractivity contribution in [2.24, 2.45) is 0 Å². The first-order chi connectivity index (χ1) is 13.5. The van der Waals surface area contributed by atoms with Gasteiger partial charge in [-0.05, 0) is 46.1 Å². The number of ether oxygens (including phenoxy) is 5. The first kappa shape index (κ1) is 20.1. The number of carbonyl (C=O) groups is 1. The number of ketones is 1. The number of benzene rings is 2. The molecule has 0 bridgehead atoms. The Hall–Kier alpha value is -2.67. The molecule has 6 nitrogen and oxygen atoms in total. The predicted octanol–water partition coefficient (Wildman–Crippen LogP) is 4.88. The molecule has 0 saturated carbocycles. The second-order valence-electron chi connectivity index (χ2n) is 6.03. The van der Waals surface area contributed by atoms with E-state index in [1.807, 2.05) is 13.0 Å². The fourth-order valence-corrected chi connectivity index (χ4v) is 3.42. The molecule has 0 N–H and O–H groups in total. The molecule has 148 valence electrons. The van der Waals surface area contributed by atoms with Gasteiger partial charge in [0.1, 0.15) is 22.8 Å². The molecule has 0 spiro atoms. The maximum Gasteiger partial charge on any atom is 0.235 e. The molecule has 1 heterocycles. The Balaban J connectivity index is 1.98. The van der Waals surface area contributed by atoms with Crippen LogP contribution in [0.5, 0.6) is 28.7 Å². The summed E-state index contributed by atoms with van der Waals surface area (Å²) in [5.74, 6) is 2.49. The smallest absolute Gasteiger partial charge is 0.235 e. The third-order valence-electron chi connectivity index (χ3n) is 4.17. The van der Waals surface area contributed by atoms with E-state index in [0.29, 0.717) is 40.9 Å². The summed E-state index contributed by atoms with van der Waals surface area (Å²) in [5.41, 5.74) is 1.11. The van der Waals surface area contributed by atoms with Crippen LogP contribution in [0.3, 0.4) is 0 Å². The van der Waals surface area contributed by atoms with Gasteiger partial charge in [0.2, 0.25) is 5.78 Å². The van der Waals surface area contributed by atoms with Gasteiger partial charge in [-0.1, -0.05) is 6.92 Å². The summed E-state index contributed by atoms with van der Waals surface area (Å²) in [7, 11) is 4.61. The molecule has 1 aliphatic heterocycles. The molecule has 28 heavy (non-hydrogen) atoms. The maximum atomic E-state index is 12.8. The molecule has 0 aliphatic carbocycles. The number of halogens is 1. The fraction of sp³-hybridized carbons (Fsp3) is 0.286. The number of fused-ring (bicyclic) bond motifs is 1. The van der Waals surface area contributed by atoms with Crippen LogP contribution in [-0.2, 0) is 0 Å². The molecular formula is C21H21BrO6. The van der Waals surface area contributed by atoms with Crippen molar-refractivity contribution in [3.8, 4) is 28.7 Å². The summed E-state index contributed by atoms with van der Waals surface area (Å²) >= 11 is 3.51. The molecule has 0 aromatic heterocycles. The molecule has 0 atom stereocenters. The normalized spacial score (nSPS) is 13.9. The Labute approximate surface area is 172 Å². The van der Waals surface area contributed by atoms with Crippen molar-refractivity contribution in [1.82, 2.24) is 0 Å². The zero-order valence-corrected chi connectivity index (χ0v) is 17.7. The summed E-state index contributed by atoms with van der Waals surface area (Å²) in [4.78, 5) is 12.8. The average molecular weight is 449 g/mol. The molecule has 2 aromatic carbocycles. The Kier molecular flexibility index (Phi) is 6.14. The van der Waals surface area contributed by atoms with Crippen molar-refractivity contribution in [3.63, 3.8) is 0 Å². The highest BCUT2D eigenvalue weighted by atomic mass is 79.9. The van der Waals surface area contributed by atoms with Crippen molar-refractivity contribution in [2.75, 3.05) is 27.9 Å². The van der Waals surface area contributed by atoms with E-state index >= 15 is 0 Å². The van der Waals surface area contributed by atoms with Gasteiger partial charge in [-0.3, -0.25) is 4.79 Å². The summed E-state index contributed by atoms with van der Waals surface area (Å²) in [6.45, 7) is 2.61. The van der Waals surface area contributed by atoms with Crippen LogP contribution in [0, 0.1) is 0 Å². The van der Waals surface area contributed by atoms with Crippen LogP contribution < -0.4 is 23.7 Å². The van der Waals surface area contributed by atoms with E-state index in [1.165, 1.54) is 7.11 Å². The molecular weight excluding hydrogens is 428 g/mol. The van der Waals surface area contributed by atoms with Crippen molar-refractivity contribution < 1.29 is 28.5 Å². The lowest BCUT2D eigenvalue weighted by atomic mass is 10.1. The summed E-state index contributed by atoms with van der Waals surface area (Å²) in [6.07, 6.45) is 2.54. The van der Waals surface area contributed by atoms with Crippen LogP contribution in [0.25, 0.3) is 6.08 Å². The highest BCUT2D eigenvalue weighted by Gasteiger charge is 2.32. The van der Waals surface area contributed by atoms with E-state index in [9.17, 15) is 4.79 Å². The van der Waals surface area contributed by atoms with E-state index in [1.54, 1.807) is 38.5 Å². The first-order valence-electron chi connectivity index (χ1n) is 8.73. The summed E-state index contributed by atoms with van der Waals surface area (Å²) < 4.78 is 28.2. The molecule has 0 fully saturated rings. The van der Waals surface area contributed by atoms with Gasteiger partial charge >= 0.3 is 0 Å². The topological polar surface area (TPSA) is 63.2 Å². The van der Waals surface area contributed by atoms with Gasteiger partial charge in [-0.25, -0.2) is 0 Å². The highest BCUT2D eigenvalue weighted by molar-refractivity contribution is 9.10. The van der Waals surface area contributed by atoms with Crippen LogP contribution in [-0.4, -0.2) is 33.7 Å². The van der Waals surface area contributed by atoms with Gasteiger partial charge in [0, 0.05) is 12.1 Å². The number of allylic oxidation sites excluding steroid dienone is 1. The van der Waals surface area contributed by atoms with Crippen LogP contribution in [0.4, 0.5) is 0 Å². The molecule has 0 saturated heterocycles. The third kappa shape index (κ3) is 3.80. The molecule has 3 rings (SSSR count). The van der Waals surface area contributed by atoms with Gasteiger partial charge in [0.15, 0.2) is 17.3 Å². The summed E-state index contributed by atoms with van der Waals surface area (Å²) in [6, 6.07) is 6.95. The van der Waals surface area contributed by atoms with E-state index in [4.69, 9.17) is 23.7 Å². The molecule has 0 radical (unpaired) electrons. The molecule has 7 heteroatoms. The largest absolute Gasteiger partial charge is 0.496 e. The van der Waals surface area contributed by atoms with Crippen LogP contribution in [0.1, 0.15) is 29.3 Å². The minimum Gasteiger partial charge on any atom is -0.496 e. The van der Waals surface area contributed by atoms with E-state index < -0.39 is 0 Å². The van der Waals surface area contributed by atoms with Gasteiger partial charge in [-0.15, -0.1) is 0 Å². The van der Waals surface area contributed by atoms with Crippen molar-refractivity contribution in [2.45, 2.75) is 13.3 Å². The Morgan fingerprint density at radius 2 is 1.79 bits per heavy atom. The second-order valence-corrected chi connectivity index (χ2v) is 6.88. The Morgan fingerprint density at radius 3 is 2.43 bits per heavy atom. The highest BCUT2D eigenvalue weighted by Crippen LogP contribution is 2.42. The number of Topliss-reactive ketones (excluding diaryl/α,β-unsaturated/α-hetero) is 1. The Morgan fingerprint density at radius 1 is 1.04 bits per heavy atom. The minimum atomic E-state index is -0.254. The lowest BCUT2D eigenvalue weighted by Crippen LogP contribution is -2.01. The predicted molar refractivity (Wildman–Crippen MR) is 109 cm³/mol. The van der Waals surface area contributed by atoms with Crippen molar-refractivity contribution in [3.05, 3.63) is 45.6 Å². The molecule has 0 amide bonds. The van der Waals surface area contributed by atoms with Crippen molar-refractivity contribution in [1.29, 1.82) is 0 Å². The molecule has 2 aromatic rings. The lowest BCUT2D eigenvalue weighted by Gasteiger charge is -2.13. The number of hydrogen-bond donors (Lipinski definition) is 0. The van der Waals surface area contributed by atoms with Crippen LogP contribution in [0.2, 0.25) is 0 Å². The van der Waals surface area contributed by atoms with E-state index in [-0.39, 0.29) is 11.5 Å². The van der Waals surface area contributed by atoms with Crippen LogP contribution >= 0.6 is 15.9 Å². The standard InChI is InChI=1S/C21H21BrO6/c1-5-6-27-21-14(22)7-12(9-18(21)26-4)8-17-20(23)19-15(25-3)10-13(24-2)11-16(19)28-17/h7-11H,5-6H2,1-4H3/b17-8-. The van der Waals surface area contributed by atoms with Gasteiger partial charge < -0.3 is 23.7 Å². The third-order valence-corrected chi connectivity index (χ3v) is 4.75. The summed E-state index contributed by atoms with van der Waals surface area (Å²) in [5, 5.41) is 0. The number of hydrogen-bond acceptors (Lipinski definition) is 6. The van der Waals surface area contributed by atoms with Gasteiger partial charge in [-0.2, -0.15) is 0 Å². The number of methoxy groups -OCH3 is 3. The first-order valence-corrected chi connectivity index (χ1v) is 9.52. The monoisotopic (exact) mass is 448 g/mol. The SMILES string of the molecule is CCCOc1c(Br)cc(/C=C2\Oc3cc(OC)cc(OC)c3C2=O)cc1OC. The molecule has 1 aliphatic rings. The maximum absolute atomic E-state index is 12.8. The minimum absolute atomic E-state index is 0.192. The molecule has 0 unspecified atom stereocenters. The number of rotatable bonds is 7. The second kappa shape index (κ2) is 8.56. The van der Waals surface area contributed by atoms with E-state index in [2.05, 4.69) is 15.9 Å². The Bertz CT molecular complexity index is 935. The zero-order valence-electron chi connectivity index (χ0n) is 16.1. The lowest BCUT2D eigenvalue weighted by molar-refractivity contribution is 0.101. The van der Waals surface area contributed by atoms with Gasteiger partial charge in [0.25, 0.3) is 0 Å². The average Bonchev–Trinajstić information content (AvgIpc) is 3.01. The van der Waals surface area contributed by atoms with Crippen molar-refractivity contribution >= 4 is 27.8 Å². The van der Waals surface area contributed by atoms with Gasteiger partial charge in [0.05, 0.1) is 32.4 Å². The quantitative estimate of drug-likeness (QED) is 0.562.